The minimum atomic E-state index is 0.115. The Labute approximate surface area is 129 Å². The van der Waals surface area contributed by atoms with Crippen molar-refractivity contribution in [1.82, 2.24) is 4.90 Å². The van der Waals surface area contributed by atoms with Gasteiger partial charge in [-0.1, -0.05) is 28.9 Å². The number of rotatable bonds is 3. The van der Waals surface area contributed by atoms with E-state index in [0.717, 1.165) is 42.8 Å². The Morgan fingerprint density at radius 1 is 1.40 bits per heavy atom. The normalized spacial score (nSPS) is 17.9. The van der Waals surface area contributed by atoms with Crippen molar-refractivity contribution in [3.8, 4) is 5.75 Å². The summed E-state index contributed by atoms with van der Waals surface area (Å²) in [6.45, 7) is 5.86. The topological polar surface area (TPSA) is 29.5 Å². The number of benzene rings is 1. The Bertz CT molecular complexity index is 479. The van der Waals surface area contributed by atoms with Gasteiger partial charge in [0.05, 0.1) is 7.11 Å². The molecule has 20 heavy (non-hydrogen) atoms. The van der Waals surface area contributed by atoms with Gasteiger partial charge in [0.2, 0.25) is 0 Å². The molecule has 1 atom stereocenters. The Hall–Kier alpha value is -1.03. The number of carbonyl (C=O) groups excluding carboxylic acids is 1. The number of methoxy groups -OCH3 is 1. The summed E-state index contributed by atoms with van der Waals surface area (Å²) < 4.78 is 5.29. The first kappa shape index (κ1) is 15.4. The summed E-state index contributed by atoms with van der Waals surface area (Å²) in [5.41, 5.74) is 1.77. The molecule has 1 unspecified atom stereocenters. The lowest BCUT2D eigenvalue weighted by atomic mass is 9.94. The summed E-state index contributed by atoms with van der Waals surface area (Å²) in [6, 6.07) is 5.68. The van der Waals surface area contributed by atoms with Crippen LogP contribution in [0.2, 0.25) is 0 Å². The van der Waals surface area contributed by atoms with Crippen LogP contribution in [0.25, 0.3) is 0 Å². The van der Waals surface area contributed by atoms with Crippen molar-refractivity contribution in [2.45, 2.75) is 31.5 Å². The molecule has 1 aliphatic rings. The van der Waals surface area contributed by atoms with Crippen molar-refractivity contribution in [2.75, 3.05) is 20.2 Å². The molecule has 0 bridgehead atoms. The first-order valence-corrected chi connectivity index (χ1v) is 8.02. The Morgan fingerprint density at radius 3 is 2.60 bits per heavy atom. The first-order valence-electron chi connectivity index (χ1n) is 7.11. The number of carbonyl (C=O) groups is 1. The number of ether oxygens (including phenoxy) is 1. The number of aryl methyl sites for hydroxylation is 1. The molecule has 1 aromatic rings. The number of amides is 1. The van der Waals surface area contributed by atoms with Crippen LogP contribution < -0.4 is 4.74 Å². The van der Waals surface area contributed by atoms with E-state index in [1.54, 1.807) is 7.11 Å². The number of hydrogen-bond donors (Lipinski definition) is 0. The van der Waals surface area contributed by atoms with E-state index in [4.69, 9.17) is 4.74 Å². The minimum absolute atomic E-state index is 0.115. The van der Waals surface area contributed by atoms with E-state index >= 15 is 0 Å². The molecule has 1 heterocycles. The van der Waals surface area contributed by atoms with Gasteiger partial charge in [-0.15, -0.1) is 0 Å². The van der Waals surface area contributed by atoms with E-state index in [1.165, 1.54) is 0 Å². The van der Waals surface area contributed by atoms with E-state index < -0.39 is 0 Å². The van der Waals surface area contributed by atoms with Crippen LogP contribution in [0.5, 0.6) is 5.75 Å². The summed E-state index contributed by atoms with van der Waals surface area (Å²) in [6.07, 6.45) is 2.14. The zero-order valence-corrected chi connectivity index (χ0v) is 13.9. The Balaban J connectivity index is 2.05. The number of likely N-dealkylation sites (tertiary alicyclic amines) is 1. The van der Waals surface area contributed by atoms with Crippen molar-refractivity contribution < 1.29 is 9.53 Å². The van der Waals surface area contributed by atoms with Gasteiger partial charge in [0.1, 0.15) is 5.75 Å². The standard InChI is InChI=1S/C16H22BrNO2/c1-11-4-5-14(10-15(11)20-3)16(19)18-8-6-13(7-9-18)12(2)17/h4-5,10,12-13H,6-9H2,1-3H3. The van der Waals surface area contributed by atoms with Crippen LogP contribution in [-0.2, 0) is 0 Å². The lowest BCUT2D eigenvalue weighted by molar-refractivity contribution is 0.0691. The molecule has 4 heteroatoms. The van der Waals surface area contributed by atoms with E-state index in [1.807, 2.05) is 30.0 Å². The lowest BCUT2D eigenvalue weighted by Gasteiger charge is -2.33. The third-order valence-corrected chi connectivity index (χ3v) is 4.88. The van der Waals surface area contributed by atoms with Crippen LogP contribution >= 0.6 is 15.9 Å². The molecular formula is C16H22BrNO2. The quantitative estimate of drug-likeness (QED) is 0.787. The summed E-state index contributed by atoms with van der Waals surface area (Å²) in [5, 5.41) is 0. The Kier molecular flexibility index (Phi) is 5.08. The number of hydrogen-bond acceptors (Lipinski definition) is 2. The molecule has 0 aromatic heterocycles. The molecule has 3 nitrogen and oxygen atoms in total. The summed E-state index contributed by atoms with van der Waals surface area (Å²) in [7, 11) is 1.64. The Morgan fingerprint density at radius 2 is 2.05 bits per heavy atom. The molecule has 1 aliphatic heterocycles. The van der Waals surface area contributed by atoms with E-state index in [9.17, 15) is 4.79 Å². The van der Waals surface area contributed by atoms with Crippen molar-refractivity contribution in [2.24, 2.45) is 5.92 Å². The van der Waals surface area contributed by atoms with Gasteiger partial charge in [0, 0.05) is 23.5 Å². The van der Waals surface area contributed by atoms with Gasteiger partial charge in [0.25, 0.3) is 5.91 Å². The minimum Gasteiger partial charge on any atom is -0.496 e. The molecule has 0 spiro atoms. The van der Waals surface area contributed by atoms with Gasteiger partial charge < -0.3 is 9.64 Å². The predicted molar refractivity (Wildman–Crippen MR) is 84.7 cm³/mol. The van der Waals surface area contributed by atoms with Gasteiger partial charge >= 0.3 is 0 Å². The molecule has 0 N–H and O–H groups in total. The second kappa shape index (κ2) is 6.61. The molecule has 1 amide bonds. The zero-order valence-electron chi connectivity index (χ0n) is 12.4. The molecule has 0 saturated carbocycles. The maximum atomic E-state index is 12.5. The van der Waals surface area contributed by atoms with Crippen molar-refractivity contribution >= 4 is 21.8 Å². The smallest absolute Gasteiger partial charge is 0.253 e. The number of piperidine rings is 1. The predicted octanol–water partition coefficient (Wildman–Crippen LogP) is 3.64. The maximum Gasteiger partial charge on any atom is 0.253 e. The molecule has 0 radical (unpaired) electrons. The zero-order chi connectivity index (χ0) is 14.7. The molecule has 1 fully saturated rings. The van der Waals surface area contributed by atoms with Crippen molar-refractivity contribution in [3.05, 3.63) is 29.3 Å². The monoisotopic (exact) mass is 339 g/mol. The molecule has 1 saturated heterocycles. The average Bonchev–Trinajstić information content (AvgIpc) is 2.47. The average molecular weight is 340 g/mol. The number of alkyl halides is 1. The fourth-order valence-electron chi connectivity index (χ4n) is 2.70. The van der Waals surface area contributed by atoms with Crippen LogP contribution in [0.4, 0.5) is 0 Å². The van der Waals surface area contributed by atoms with Crippen LogP contribution in [0.1, 0.15) is 35.7 Å². The fourth-order valence-corrected chi connectivity index (χ4v) is 3.23. The van der Waals surface area contributed by atoms with E-state index in [2.05, 4.69) is 22.9 Å². The number of nitrogens with zero attached hydrogens (tertiary/aromatic N) is 1. The molecule has 1 aromatic carbocycles. The molecule has 2 rings (SSSR count). The maximum absolute atomic E-state index is 12.5. The second-order valence-corrected chi connectivity index (χ2v) is 6.94. The number of halogens is 1. The second-order valence-electron chi connectivity index (χ2n) is 5.49. The first-order chi connectivity index (χ1) is 9.52. The van der Waals surface area contributed by atoms with Gasteiger partial charge in [-0.25, -0.2) is 0 Å². The largest absolute Gasteiger partial charge is 0.496 e. The highest BCUT2D eigenvalue weighted by Crippen LogP contribution is 2.26. The van der Waals surface area contributed by atoms with E-state index in [0.29, 0.717) is 10.7 Å². The van der Waals surface area contributed by atoms with Crippen LogP contribution in [0.3, 0.4) is 0 Å². The summed E-state index contributed by atoms with van der Waals surface area (Å²) in [5.74, 6) is 1.57. The van der Waals surface area contributed by atoms with Gasteiger partial charge in [-0.05, 0) is 43.4 Å². The van der Waals surface area contributed by atoms with Gasteiger partial charge in [0.15, 0.2) is 0 Å². The molecular weight excluding hydrogens is 318 g/mol. The SMILES string of the molecule is COc1cc(C(=O)N2CCC(C(C)Br)CC2)ccc1C. The highest BCUT2D eigenvalue weighted by atomic mass is 79.9. The van der Waals surface area contributed by atoms with Crippen LogP contribution in [-0.4, -0.2) is 35.8 Å². The highest BCUT2D eigenvalue weighted by molar-refractivity contribution is 9.09. The summed E-state index contributed by atoms with van der Waals surface area (Å²) in [4.78, 5) is 15.0. The third kappa shape index (κ3) is 3.35. The van der Waals surface area contributed by atoms with E-state index in [-0.39, 0.29) is 5.91 Å². The molecule has 110 valence electrons. The fraction of sp³-hybridized carbons (Fsp3) is 0.562. The summed E-state index contributed by atoms with van der Waals surface area (Å²) >= 11 is 3.64. The highest BCUT2D eigenvalue weighted by Gasteiger charge is 2.26. The lowest BCUT2D eigenvalue weighted by Crippen LogP contribution is -2.39. The molecule has 0 aliphatic carbocycles. The van der Waals surface area contributed by atoms with Crippen molar-refractivity contribution in [3.63, 3.8) is 0 Å². The van der Waals surface area contributed by atoms with Gasteiger partial charge in [-0.2, -0.15) is 0 Å². The van der Waals surface area contributed by atoms with Crippen molar-refractivity contribution in [1.29, 1.82) is 0 Å². The van der Waals surface area contributed by atoms with Crippen LogP contribution in [0.15, 0.2) is 18.2 Å². The third-order valence-electron chi connectivity index (χ3n) is 4.13. The van der Waals surface area contributed by atoms with Gasteiger partial charge in [-0.3, -0.25) is 4.79 Å². The van der Waals surface area contributed by atoms with Crippen LogP contribution in [0, 0.1) is 12.8 Å².